The van der Waals surface area contributed by atoms with Gasteiger partial charge in [-0.3, -0.25) is 9.59 Å². The highest BCUT2D eigenvalue weighted by molar-refractivity contribution is 7.10. The molecule has 0 aliphatic carbocycles. The minimum Gasteiger partial charge on any atom is -0.507 e. The number of hydrogen-bond donors (Lipinski definition) is 1. The molecule has 1 aliphatic rings. The van der Waals surface area contributed by atoms with E-state index in [0.29, 0.717) is 37.7 Å². The number of likely N-dealkylation sites (tertiary alicyclic amines) is 1. The molecular weight excluding hydrogens is 438 g/mol. The molecule has 2 heterocycles. The minimum absolute atomic E-state index is 0.101. The first-order valence-corrected chi connectivity index (χ1v) is 12.3. The lowest BCUT2D eigenvalue weighted by Gasteiger charge is -2.24. The number of aliphatic hydroxyl groups excluding tert-OH is 1. The van der Waals surface area contributed by atoms with Crippen LogP contribution in [0.5, 0.6) is 5.75 Å². The molecule has 1 saturated heterocycles. The number of Topliss-reactive ketones (excluding diaryl/α,β-unsaturated/α-hetero) is 1. The number of thiophene rings is 1. The number of hydrogen-bond acceptors (Lipinski definition) is 6. The lowest BCUT2D eigenvalue weighted by Crippen LogP contribution is -2.31. The lowest BCUT2D eigenvalue weighted by atomic mass is 9.98. The third-order valence-electron chi connectivity index (χ3n) is 5.37. The van der Waals surface area contributed by atoms with Crippen molar-refractivity contribution in [2.75, 3.05) is 19.8 Å². The highest BCUT2D eigenvalue weighted by Crippen LogP contribution is 2.41. The SMILES string of the molecule is Cc1cc(/C(O)=C2/C(=O)C(=O)N(CCCOC(C)C)C2c2cccs2)ccc1OCC(C)C. The van der Waals surface area contributed by atoms with Gasteiger partial charge in [0.2, 0.25) is 0 Å². The largest absolute Gasteiger partial charge is 0.507 e. The fraction of sp³-hybridized carbons (Fsp3) is 0.462. The van der Waals surface area contributed by atoms with Crippen molar-refractivity contribution in [2.45, 2.75) is 53.2 Å². The van der Waals surface area contributed by atoms with Gasteiger partial charge in [0, 0.05) is 23.6 Å². The maximum Gasteiger partial charge on any atom is 0.295 e. The summed E-state index contributed by atoms with van der Waals surface area (Å²) in [6, 6.07) is 8.48. The van der Waals surface area contributed by atoms with Gasteiger partial charge in [-0.05, 0) is 68.3 Å². The molecule has 3 rings (SSSR count). The molecule has 6 nitrogen and oxygen atoms in total. The number of amides is 1. The van der Waals surface area contributed by atoms with Crippen LogP contribution < -0.4 is 4.74 Å². The van der Waals surface area contributed by atoms with Crippen molar-refractivity contribution in [3.8, 4) is 5.75 Å². The molecule has 1 unspecified atom stereocenters. The van der Waals surface area contributed by atoms with Crippen LogP contribution in [0.2, 0.25) is 0 Å². The summed E-state index contributed by atoms with van der Waals surface area (Å²) in [5.74, 6) is -0.279. The summed E-state index contributed by atoms with van der Waals surface area (Å²) in [6.07, 6.45) is 0.706. The van der Waals surface area contributed by atoms with E-state index >= 15 is 0 Å². The number of carbonyl (C=O) groups is 2. The normalized spacial score (nSPS) is 18.0. The van der Waals surface area contributed by atoms with E-state index in [9.17, 15) is 14.7 Å². The first-order valence-electron chi connectivity index (χ1n) is 11.4. The minimum atomic E-state index is -0.659. The third kappa shape index (κ3) is 5.84. The van der Waals surface area contributed by atoms with Crippen molar-refractivity contribution in [1.82, 2.24) is 4.90 Å². The molecular formula is C26H33NO5S. The maximum atomic E-state index is 13.0. The van der Waals surface area contributed by atoms with Gasteiger partial charge in [-0.2, -0.15) is 0 Å². The number of benzene rings is 1. The van der Waals surface area contributed by atoms with E-state index in [-0.39, 0.29) is 17.4 Å². The predicted molar refractivity (Wildman–Crippen MR) is 131 cm³/mol. The molecule has 0 bridgehead atoms. The monoisotopic (exact) mass is 471 g/mol. The van der Waals surface area contributed by atoms with Gasteiger partial charge in [0.15, 0.2) is 0 Å². The smallest absolute Gasteiger partial charge is 0.295 e. The zero-order valence-corrected chi connectivity index (χ0v) is 20.8. The summed E-state index contributed by atoms with van der Waals surface area (Å²) < 4.78 is 11.4. The summed E-state index contributed by atoms with van der Waals surface area (Å²) in [5.41, 5.74) is 1.47. The zero-order valence-electron chi connectivity index (χ0n) is 20.0. The van der Waals surface area contributed by atoms with Gasteiger partial charge >= 0.3 is 0 Å². The van der Waals surface area contributed by atoms with E-state index in [2.05, 4.69) is 13.8 Å². The number of nitrogens with zero attached hydrogens (tertiary/aromatic N) is 1. The lowest BCUT2D eigenvalue weighted by molar-refractivity contribution is -0.140. The second kappa shape index (κ2) is 11.0. The van der Waals surface area contributed by atoms with Crippen molar-refractivity contribution >= 4 is 28.8 Å². The number of carbonyl (C=O) groups excluding carboxylic acids is 2. The molecule has 7 heteroatoms. The van der Waals surface area contributed by atoms with Crippen molar-refractivity contribution in [3.05, 3.63) is 57.3 Å². The second-order valence-electron chi connectivity index (χ2n) is 8.97. The Morgan fingerprint density at radius 1 is 1.18 bits per heavy atom. The van der Waals surface area contributed by atoms with Gasteiger partial charge < -0.3 is 19.5 Å². The molecule has 2 aromatic rings. The van der Waals surface area contributed by atoms with E-state index in [1.165, 1.54) is 11.3 Å². The Morgan fingerprint density at radius 3 is 2.55 bits per heavy atom. The molecule has 178 valence electrons. The Kier molecular flexibility index (Phi) is 8.32. The molecule has 1 N–H and O–H groups in total. The summed E-state index contributed by atoms with van der Waals surface area (Å²) in [7, 11) is 0. The van der Waals surface area contributed by atoms with Crippen LogP contribution in [0.3, 0.4) is 0 Å². The third-order valence-corrected chi connectivity index (χ3v) is 6.29. The van der Waals surface area contributed by atoms with Crippen molar-refractivity contribution in [1.29, 1.82) is 0 Å². The van der Waals surface area contributed by atoms with E-state index < -0.39 is 17.7 Å². The van der Waals surface area contributed by atoms with E-state index in [1.807, 2.05) is 38.3 Å². The molecule has 0 radical (unpaired) electrons. The molecule has 1 aromatic heterocycles. The fourth-order valence-corrected chi connectivity index (χ4v) is 4.62. The average molecular weight is 472 g/mol. The molecule has 1 atom stereocenters. The molecule has 0 spiro atoms. The van der Waals surface area contributed by atoms with Crippen LogP contribution in [0.4, 0.5) is 0 Å². The first kappa shape index (κ1) is 25.0. The van der Waals surface area contributed by atoms with Gasteiger partial charge in [0.25, 0.3) is 11.7 Å². The van der Waals surface area contributed by atoms with Crippen LogP contribution >= 0.6 is 11.3 Å². The quantitative estimate of drug-likeness (QED) is 0.219. The van der Waals surface area contributed by atoms with E-state index in [0.717, 1.165) is 16.2 Å². The molecule has 0 saturated carbocycles. The van der Waals surface area contributed by atoms with Crippen LogP contribution in [0.15, 0.2) is 41.3 Å². The first-order chi connectivity index (χ1) is 15.7. The Labute approximate surface area is 199 Å². The summed E-state index contributed by atoms with van der Waals surface area (Å²) >= 11 is 1.46. The number of rotatable bonds is 10. The highest BCUT2D eigenvalue weighted by atomic mass is 32.1. The van der Waals surface area contributed by atoms with Crippen LogP contribution in [0.1, 0.15) is 56.2 Å². The number of aliphatic hydroxyl groups is 1. The summed E-state index contributed by atoms with van der Waals surface area (Å²) in [6.45, 7) is 11.4. The Balaban J connectivity index is 1.94. The molecule has 1 fully saturated rings. The number of ketones is 1. The Morgan fingerprint density at radius 2 is 1.94 bits per heavy atom. The summed E-state index contributed by atoms with van der Waals surface area (Å²) in [5, 5.41) is 13.1. The van der Waals surface area contributed by atoms with Crippen molar-refractivity contribution in [2.24, 2.45) is 5.92 Å². The van der Waals surface area contributed by atoms with Gasteiger partial charge in [0.05, 0.1) is 24.3 Å². The fourth-order valence-electron chi connectivity index (χ4n) is 3.78. The zero-order chi connectivity index (χ0) is 24.1. The molecule has 33 heavy (non-hydrogen) atoms. The predicted octanol–water partition coefficient (Wildman–Crippen LogP) is 5.33. The maximum absolute atomic E-state index is 13.0. The Hall–Kier alpha value is -2.64. The second-order valence-corrected chi connectivity index (χ2v) is 9.95. The van der Waals surface area contributed by atoms with Crippen LogP contribution in [-0.2, 0) is 14.3 Å². The van der Waals surface area contributed by atoms with Gasteiger partial charge in [-0.1, -0.05) is 19.9 Å². The molecule has 1 amide bonds. The van der Waals surface area contributed by atoms with Crippen LogP contribution in [-0.4, -0.2) is 47.6 Å². The van der Waals surface area contributed by atoms with Gasteiger partial charge in [0.1, 0.15) is 11.5 Å². The van der Waals surface area contributed by atoms with Gasteiger partial charge in [-0.15, -0.1) is 11.3 Å². The number of ether oxygens (including phenoxy) is 2. The van der Waals surface area contributed by atoms with E-state index in [4.69, 9.17) is 9.47 Å². The standard InChI is InChI=1S/C26H33NO5S/c1-16(2)15-32-20-10-9-19(14-18(20)5)24(28)22-23(21-8-6-13-33-21)27(26(30)25(22)29)11-7-12-31-17(3)4/h6,8-10,13-14,16-17,23,28H,7,11-12,15H2,1-5H3/b24-22-. The highest BCUT2D eigenvalue weighted by Gasteiger charge is 2.46. The van der Waals surface area contributed by atoms with E-state index in [1.54, 1.807) is 23.1 Å². The number of aryl methyl sites for hydroxylation is 1. The van der Waals surface area contributed by atoms with Crippen molar-refractivity contribution < 1.29 is 24.2 Å². The Bertz CT molecular complexity index is 1010. The van der Waals surface area contributed by atoms with Crippen LogP contribution in [0, 0.1) is 12.8 Å². The molecule has 1 aromatic carbocycles. The average Bonchev–Trinajstić information content (AvgIpc) is 3.37. The van der Waals surface area contributed by atoms with Crippen molar-refractivity contribution in [3.63, 3.8) is 0 Å². The van der Waals surface area contributed by atoms with Crippen LogP contribution in [0.25, 0.3) is 5.76 Å². The summed E-state index contributed by atoms with van der Waals surface area (Å²) in [4.78, 5) is 28.4. The molecule has 1 aliphatic heterocycles. The van der Waals surface area contributed by atoms with Gasteiger partial charge in [-0.25, -0.2) is 0 Å². The topological polar surface area (TPSA) is 76.1 Å².